The van der Waals surface area contributed by atoms with Crippen LogP contribution in [0.25, 0.3) is 6.08 Å². The number of amides is 2. The summed E-state index contributed by atoms with van der Waals surface area (Å²) in [5.41, 5.74) is 2.88. The molecule has 2 amide bonds. The first-order valence-electron chi connectivity index (χ1n) is 9.38. The smallest absolute Gasteiger partial charge is 0.271 e. The van der Waals surface area contributed by atoms with Crippen LogP contribution in [0.5, 0.6) is 0 Å². The molecule has 0 atom stereocenters. The molecule has 0 spiro atoms. The predicted octanol–water partition coefficient (Wildman–Crippen LogP) is 3.78. The zero-order valence-electron chi connectivity index (χ0n) is 16.7. The minimum atomic E-state index is -0.497. The highest BCUT2D eigenvalue weighted by Crippen LogP contribution is 2.28. The van der Waals surface area contributed by atoms with Gasteiger partial charge in [0.25, 0.3) is 11.8 Å². The van der Waals surface area contributed by atoms with Gasteiger partial charge in [-0.15, -0.1) is 0 Å². The minimum Gasteiger partial charge on any atom is -0.372 e. The van der Waals surface area contributed by atoms with Gasteiger partial charge >= 0.3 is 0 Å². The molecule has 5 heteroatoms. The molecule has 0 bridgehead atoms. The molecule has 1 aliphatic heterocycles. The molecule has 0 aromatic heterocycles. The number of nitriles is 1. The first kappa shape index (κ1) is 20.4. The molecule has 0 saturated heterocycles. The van der Waals surface area contributed by atoms with Crippen molar-refractivity contribution in [3.05, 3.63) is 46.5 Å². The normalized spacial score (nSPS) is 16.3. The van der Waals surface area contributed by atoms with Crippen LogP contribution in [0.4, 0.5) is 5.69 Å². The zero-order valence-corrected chi connectivity index (χ0v) is 16.7. The van der Waals surface area contributed by atoms with Gasteiger partial charge in [0.1, 0.15) is 11.6 Å². The molecule has 1 aromatic rings. The lowest BCUT2D eigenvalue weighted by Gasteiger charge is -2.28. The Kier molecular flexibility index (Phi) is 6.57. The number of hydrogen-bond donors (Lipinski definition) is 0. The number of rotatable bonds is 6. The van der Waals surface area contributed by atoms with Crippen LogP contribution in [0.3, 0.4) is 0 Å². The summed E-state index contributed by atoms with van der Waals surface area (Å²) in [5, 5.41) is 9.41. The van der Waals surface area contributed by atoms with E-state index < -0.39 is 5.91 Å². The quantitative estimate of drug-likeness (QED) is 0.568. The SMILES string of the molecule is CCN(CC)c1ccc(/C=C2/C(=O)N(CC(C)C)C(=O)C(C#N)=C2C)cc1. The summed E-state index contributed by atoms with van der Waals surface area (Å²) in [7, 11) is 0. The molecule has 0 saturated carbocycles. The Morgan fingerprint density at radius 1 is 1.11 bits per heavy atom. The van der Waals surface area contributed by atoms with Gasteiger partial charge in [0.2, 0.25) is 0 Å². The summed E-state index contributed by atoms with van der Waals surface area (Å²) >= 11 is 0. The Hall–Kier alpha value is -2.87. The summed E-state index contributed by atoms with van der Waals surface area (Å²) in [6.07, 6.45) is 1.76. The van der Waals surface area contributed by atoms with Crippen molar-refractivity contribution in [3.63, 3.8) is 0 Å². The Morgan fingerprint density at radius 2 is 1.70 bits per heavy atom. The fourth-order valence-corrected chi connectivity index (χ4v) is 3.20. The van der Waals surface area contributed by atoms with Crippen LogP contribution in [0.2, 0.25) is 0 Å². The third-order valence-electron chi connectivity index (χ3n) is 4.71. The van der Waals surface area contributed by atoms with Gasteiger partial charge in [0, 0.05) is 30.9 Å². The molecule has 1 aliphatic rings. The van der Waals surface area contributed by atoms with E-state index in [-0.39, 0.29) is 17.4 Å². The van der Waals surface area contributed by atoms with E-state index in [1.54, 1.807) is 13.0 Å². The fraction of sp³-hybridized carbons (Fsp3) is 0.409. The molecule has 142 valence electrons. The molecule has 0 aliphatic carbocycles. The van der Waals surface area contributed by atoms with Gasteiger partial charge in [-0.3, -0.25) is 14.5 Å². The lowest BCUT2D eigenvalue weighted by Crippen LogP contribution is -2.44. The highest BCUT2D eigenvalue weighted by atomic mass is 16.2. The second kappa shape index (κ2) is 8.68. The summed E-state index contributed by atoms with van der Waals surface area (Å²) in [4.78, 5) is 28.8. The number of anilines is 1. The van der Waals surface area contributed by atoms with Crippen LogP contribution >= 0.6 is 0 Å². The molecular weight excluding hydrogens is 338 g/mol. The van der Waals surface area contributed by atoms with Crippen molar-refractivity contribution in [3.8, 4) is 6.07 Å². The maximum atomic E-state index is 12.9. The highest BCUT2D eigenvalue weighted by molar-refractivity contribution is 6.19. The van der Waals surface area contributed by atoms with Gasteiger partial charge in [-0.05, 0) is 56.0 Å². The van der Waals surface area contributed by atoms with Crippen molar-refractivity contribution in [1.82, 2.24) is 4.90 Å². The third-order valence-corrected chi connectivity index (χ3v) is 4.71. The summed E-state index contributed by atoms with van der Waals surface area (Å²) in [6.45, 7) is 11.9. The third kappa shape index (κ3) is 4.28. The van der Waals surface area contributed by atoms with Crippen LogP contribution in [0.1, 0.15) is 40.2 Å². The van der Waals surface area contributed by atoms with Gasteiger partial charge in [0.05, 0.1) is 0 Å². The Labute approximate surface area is 161 Å². The maximum absolute atomic E-state index is 12.9. The molecule has 0 N–H and O–H groups in total. The second-order valence-corrected chi connectivity index (χ2v) is 7.05. The van der Waals surface area contributed by atoms with Crippen LogP contribution in [-0.2, 0) is 9.59 Å². The van der Waals surface area contributed by atoms with E-state index in [9.17, 15) is 14.9 Å². The predicted molar refractivity (Wildman–Crippen MR) is 108 cm³/mol. The first-order chi connectivity index (χ1) is 12.8. The molecule has 0 unspecified atom stereocenters. The maximum Gasteiger partial charge on any atom is 0.271 e. The zero-order chi connectivity index (χ0) is 20.1. The molecule has 27 heavy (non-hydrogen) atoms. The topological polar surface area (TPSA) is 64.4 Å². The van der Waals surface area contributed by atoms with Crippen molar-refractivity contribution in [1.29, 1.82) is 5.26 Å². The van der Waals surface area contributed by atoms with Crippen molar-refractivity contribution < 1.29 is 9.59 Å². The molecule has 2 rings (SSSR count). The number of carbonyl (C=O) groups is 2. The van der Waals surface area contributed by atoms with Crippen LogP contribution < -0.4 is 4.90 Å². The first-order valence-corrected chi connectivity index (χ1v) is 9.38. The largest absolute Gasteiger partial charge is 0.372 e. The second-order valence-electron chi connectivity index (χ2n) is 7.05. The van der Waals surface area contributed by atoms with Crippen molar-refractivity contribution in [2.24, 2.45) is 5.92 Å². The van der Waals surface area contributed by atoms with E-state index in [0.29, 0.717) is 17.7 Å². The Bertz CT molecular complexity index is 822. The monoisotopic (exact) mass is 365 g/mol. The van der Waals surface area contributed by atoms with Crippen molar-refractivity contribution >= 4 is 23.6 Å². The van der Waals surface area contributed by atoms with Crippen LogP contribution in [-0.4, -0.2) is 36.3 Å². The average Bonchev–Trinajstić information content (AvgIpc) is 2.65. The highest BCUT2D eigenvalue weighted by Gasteiger charge is 2.35. The fourth-order valence-electron chi connectivity index (χ4n) is 3.20. The molecule has 1 heterocycles. The summed E-state index contributed by atoms with van der Waals surface area (Å²) in [5.74, 6) is -0.702. The standard InChI is InChI=1S/C22H27N3O2/c1-6-24(7-2)18-10-8-17(9-11-18)12-19-16(5)20(13-23)22(27)25(21(19)26)14-15(3)4/h8-12,15H,6-7,14H2,1-5H3/b19-12+. The Balaban J connectivity index is 2.45. The molecule has 5 nitrogen and oxygen atoms in total. The minimum absolute atomic E-state index is 0.0428. The average molecular weight is 365 g/mol. The lowest BCUT2D eigenvalue weighted by molar-refractivity contribution is -0.141. The Morgan fingerprint density at radius 3 is 2.19 bits per heavy atom. The number of imide groups is 1. The lowest BCUT2D eigenvalue weighted by atomic mass is 9.93. The number of nitrogens with zero attached hydrogens (tertiary/aromatic N) is 3. The summed E-state index contributed by atoms with van der Waals surface area (Å²) < 4.78 is 0. The number of hydrogen-bond acceptors (Lipinski definition) is 4. The molecule has 0 fully saturated rings. The van der Waals surface area contributed by atoms with Gasteiger partial charge in [-0.2, -0.15) is 5.26 Å². The van der Waals surface area contributed by atoms with E-state index in [2.05, 4.69) is 18.7 Å². The molecular formula is C22H27N3O2. The van der Waals surface area contributed by atoms with Crippen molar-refractivity contribution in [2.75, 3.05) is 24.5 Å². The molecule has 1 aromatic carbocycles. The van der Waals surface area contributed by atoms with Gasteiger partial charge < -0.3 is 4.90 Å². The number of benzene rings is 1. The van der Waals surface area contributed by atoms with Crippen LogP contribution in [0, 0.1) is 17.2 Å². The van der Waals surface area contributed by atoms with E-state index in [0.717, 1.165) is 24.3 Å². The van der Waals surface area contributed by atoms with Gasteiger partial charge in [0.15, 0.2) is 0 Å². The van der Waals surface area contributed by atoms with Crippen LogP contribution in [0.15, 0.2) is 41.0 Å². The van der Waals surface area contributed by atoms with Gasteiger partial charge in [-0.1, -0.05) is 26.0 Å². The molecule has 0 radical (unpaired) electrons. The van der Waals surface area contributed by atoms with E-state index in [1.807, 2.05) is 44.2 Å². The van der Waals surface area contributed by atoms with E-state index >= 15 is 0 Å². The number of carbonyl (C=O) groups excluding carboxylic acids is 2. The van der Waals surface area contributed by atoms with Crippen molar-refractivity contribution in [2.45, 2.75) is 34.6 Å². The van der Waals surface area contributed by atoms with E-state index in [4.69, 9.17) is 0 Å². The van der Waals surface area contributed by atoms with Gasteiger partial charge in [-0.25, -0.2) is 0 Å². The summed E-state index contributed by atoms with van der Waals surface area (Å²) in [6, 6.07) is 9.92. The van der Waals surface area contributed by atoms with E-state index in [1.165, 1.54) is 4.90 Å².